The zero-order valence-corrected chi connectivity index (χ0v) is 25.4. The Hall–Kier alpha value is -2.78. The molecule has 4 fully saturated rings. The number of carbonyl (C=O) groups excluding carboxylic acids is 1. The van der Waals surface area contributed by atoms with Crippen molar-refractivity contribution in [3.63, 3.8) is 0 Å². The highest BCUT2D eigenvalue weighted by Crippen LogP contribution is 2.81. The second-order valence-corrected chi connectivity index (χ2v) is 13.2. The van der Waals surface area contributed by atoms with Gasteiger partial charge in [-0.1, -0.05) is 36.8 Å². The molecule has 7 rings (SSSR count). The summed E-state index contributed by atoms with van der Waals surface area (Å²) < 4.78 is 11.9. The molecule has 2 aliphatic heterocycles. The summed E-state index contributed by atoms with van der Waals surface area (Å²) in [7, 11) is 1.00. The molecular formula is C33H41N3O4S. The van der Waals surface area contributed by atoms with Crippen molar-refractivity contribution in [1.29, 1.82) is 0 Å². The molecule has 4 unspecified atom stereocenters. The summed E-state index contributed by atoms with van der Waals surface area (Å²) in [6, 6.07) is 13.1. The van der Waals surface area contributed by atoms with Crippen LogP contribution in [0.25, 0.3) is 11.3 Å². The molecule has 8 heteroatoms. The van der Waals surface area contributed by atoms with Crippen molar-refractivity contribution in [3.8, 4) is 17.0 Å². The van der Waals surface area contributed by atoms with Gasteiger partial charge in [-0.15, -0.1) is 11.3 Å². The van der Waals surface area contributed by atoms with Crippen LogP contribution in [0.2, 0.25) is 0 Å². The van der Waals surface area contributed by atoms with Gasteiger partial charge < -0.3 is 24.3 Å². The van der Waals surface area contributed by atoms with E-state index in [0.717, 1.165) is 75.2 Å². The number of anilines is 1. The Balaban J connectivity index is 0.00000148. The number of morpholine rings is 1. The average Bonchev–Trinajstić information content (AvgIpc) is 3.26. The average molecular weight is 576 g/mol. The predicted molar refractivity (Wildman–Crippen MR) is 162 cm³/mol. The van der Waals surface area contributed by atoms with Gasteiger partial charge in [-0.25, -0.2) is 4.98 Å². The van der Waals surface area contributed by atoms with Gasteiger partial charge in [-0.3, -0.25) is 4.90 Å². The van der Waals surface area contributed by atoms with Crippen molar-refractivity contribution in [2.45, 2.75) is 40.3 Å². The minimum atomic E-state index is -0.134. The molecule has 4 aliphatic rings. The third kappa shape index (κ3) is 4.99. The first-order valence-electron chi connectivity index (χ1n) is 14.6. The molecule has 2 aliphatic carbocycles. The van der Waals surface area contributed by atoms with E-state index in [1.54, 1.807) is 11.3 Å². The van der Waals surface area contributed by atoms with Crippen molar-refractivity contribution in [2.24, 2.45) is 22.7 Å². The minimum absolute atomic E-state index is 0.134. The number of hydrogen-bond donors (Lipinski definition) is 1. The molecule has 3 aromatic rings. The maximum absolute atomic E-state index is 11.8. The van der Waals surface area contributed by atoms with Gasteiger partial charge in [-0.05, 0) is 66.3 Å². The zero-order chi connectivity index (χ0) is 28.8. The largest absolute Gasteiger partial charge is 0.488 e. The molecular weight excluding hydrogens is 534 g/mol. The predicted octanol–water partition coefficient (Wildman–Crippen LogP) is 5.11. The smallest absolute Gasteiger partial charge is 0.185 e. The maximum Gasteiger partial charge on any atom is 0.185 e. The van der Waals surface area contributed by atoms with E-state index in [4.69, 9.17) is 19.6 Å². The molecule has 2 aromatic carbocycles. The maximum atomic E-state index is 11.8. The lowest BCUT2D eigenvalue weighted by molar-refractivity contribution is -0.128. The Bertz CT molecular complexity index is 1420. The van der Waals surface area contributed by atoms with Crippen LogP contribution >= 0.6 is 11.3 Å². The van der Waals surface area contributed by atoms with Crippen LogP contribution in [0.15, 0.2) is 41.8 Å². The van der Waals surface area contributed by atoms with Crippen LogP contribution in [-0.2, 0) is 22.7 Å². The normalized spacial score (nSPS) is 28.2. The van der Waals surface area contributed by atoms with Crippen molar-refractivity contribution in [3.05, 3.63) is 64.0 Å². The number of aliphatic hydroxyl groups excluding tert-OH is 1. The molecule has 1 N–H and O–H groups in total. The first kappa shape index (κ1) is 28.3. The van der Waals surface area contributed by atoms with Crippen molar-refractivity contribution in [2.75, 3.05) is 51.4 Å². The fourth-order valence-electron chi connectivity index (χ4n) is 7.62. The number of hydrogen-bond acceptors (Lipinski definition) is 8. The van der Waals surface area contributed by atoms with Gasteiger partial charge in [-0.2, -0.15) is 0 Å². The minimum Gasteiger partial charge on any atom is -0.488 e. The van der Waals surface area contributed by atoms with Crippen molar-refractivity contribution < 1.29 is 19.4 Å². The lowest BCUT2D eigenvalue weighted by atomic mass is 9.57. The van der Waals surface area contributed by atoms with E-state index in [-0.39, 0.29) is 5.41 Å². The van der Waals surface area contributed by atoms with Crippen LogP contribution in [0.1, 0.15) is 35.6 Å². The Kier molecular flexibility index (Phi) is 7.70. The number of aryl methyl sites for hydroxylation is 2. The molecule has 3 heterocycles. The molecule has 4 atom stereocenters. The first-order valence-corrected chi connectivity index (χ1v) is 15.5. The summed E-state index contributed by atoms with van der Waals surface area (Å²) in [4.78, 5) is 21.8. The highest BCUT2D eigenvalue weighted by Gasteiger charge is 2.81. The van der Waals surface area contributed by atoms with Crippen LogP contribution in [0, 0.1) is 36.5 Å². The van der Waals surface area contributed by atoms with Gasteiger partial charge in [0.25, 0.3) is 0 Å². The highest BCUT2D eigenvalue weighted by molar-refractivity contribution is 7.14. The van der Waals surface area contributed by atoms with Gasteiger partial charge in [0.05, 0.1) is 18.9 Å². The van der Waals surface area contributed by atoms with E-state index in [2.05, 4.69) is 72.3 Å². The van der Waals surface area contributed by atoms with E-state index in [9.17, 15) is 4.79 Å². The third-order valence-electron chi connectivity index (χ3n) is 9.93. The number of aliphatic hydroxyl groups is 1. The van der Waals surface area contributed by atoms with Gasteiger partial charge >= 0.3 is 0 Å². The Morgan fingerprint density at radius 1 is 1.15 bits per heavy atom. The molecule has 1 spiro atoms. The van der Waals surface area contributed by atoms with Crippen LogP contribution < -0.4 is 9.64 Å². The van der Waals surface area contributed by atoms with Crippen LogP contribution in [0.3, 0.4) is 0 Å². The van der Waals surface area contributed by atoms with Crippen LogP contribution in [0.5, 0.6) is 5.75 Å². The summed E-state index contributed by atoms with van der Waals surface area (Å²) in [5, 5.41) is 10.2. The Morgan fingerprint density at radius 3 is 2.71 bits per heavy atom. The zero-order valence-electron chi connectivity index (χ0n) is 24.6. The van der Waals surface area contributed by atoms with Crippen LogP contribution in [-0.4, -0.2) is 67.8 Å². The number of carbonyl (C=O) groups is 1. The molecule has 0 amide bonds. The third-order valence-corrected chi connectivity index (χ3v) is 10.8. The van der Waals surface area contributed by atoms with E-state index in [1.807, 2.05) is 0 Å². The fraction of sp³-hybridized carbons (Fsp3) is 0.515. The fourth-order valence-corrected chi connectivity index (χ4v) is 8.46. The number of aldehydes is 1. The van der Waals surface area contributed by atoms with E-state index < -0.39 is 0 Å². The second-order valence-electron chi connectivity index (χ2n) is 12.4. The summed E-state index contributed by atoms with van der Waals surface area (Å²) in [5.41, 5.74) is 7.24. The molecule has 1 aromatic heterocycles. The summed E-state index contributed by atoms with van der Waals surface area (Å²) >= 11 is 1.70. The molecule has 218 valence electrons. The number of ether oxygens (including phenoxy) is 2. The molecule has 2 saturated heterocycles. The standard InChI is InChI=1S/C32H37N3O3S.CH4O/c1-21-4-7-27(38-17-24-6-5-23(13-22(24)2)15-34-8-10-37-11-9-34)25(12-21)26-18-39-30(33-26)35-16-29-31(3,20-36)28-14-32(28,29)19-35;1-2/h4-7,12-13,18,20,28-29H,8-11,14-17,19H2,1-3H3;2H,1H3. The topological polar surface area (TPSA) is 75.1 Å². The van der Waals surface area contributed by atoms with Crippen molar-refractivity contribution >= 4 is 22.8 Å². The number of nitrogens with zero attached hydrogens (tertiary/aromatic N) is 3. The number of aromatic nitrogens is 1. The number of thiazole rings is 1. The van der Waals surface area contributed by atoms with Gasteiger partial charge in [0.1, 0.15) is 18.6 Å². The van der Waals surface area contributed by atoms with Crippen molar-refractivity contribution in [1.82, 2.24) is 9.88 Å². The first-order chi connectivity index (χ1) is 19.9. The Labute approximate surface area is 247 Å². The summed E-state index contributed by atoms with van der Waals surface area (Å²) in [5.74, 6) is 1.91. The molecule has 0 bridgehead atoms. The molecule has 0 radical (unpaired) electrons. The second kappa shape index (κ2) is 11.1. The monoisotopic (exact) mass is 575 g/mol. The highest BCUT2D eigenvalue weighted by atomic mass is 32.1. The summed E-state index contributed by atoms with van der Waals surface area (Å²) in [6.45, 7) is 13.6. The van der Waals surface area contributed by atoms with Gasteiger partial charge in [0.15, 0.2) is 5.13 Å². The SMILES string of the molecule is CO.Cc1ccc(OCc2ccc(CN3CCOCC3)cc2C)c(-c2csc(N3CC4C(C)(C=O)C5CC45C3)n2)c1. The lowest BCUT2D eigenvalue weighted by Crippen LogP contribution is -2.48. The van der Waals surface area contributed by atoms with Crippen LogP contribution in [0.4, 0.5) is 5.13 Å². The quantitative estimate of drug-likeness (QED) is 0.374. The number of rotatable bonds is 8. The van der Waals surface area contributed by atoms with E-state index in [1.165, 1.54) is 35.0 Å². The van der Waals surface area contributed by atoms with E-state index in [0.29, 0.717) is 23.9 Å². The van der Waals surface area contributed by atoms with Gasteiger partial charge in [0.2, 0.25) is 0 Å². The Morgan fingerprint density at radius 2 is 1.95 bits per heavy atom. The number of benzene rings is 2. The molecule has 41 heavy (non-hydrogen) atoms. The van der Waals surface area contributed by atoms with E-state index >= 15 is 0 Å². The molecule has 7 nitrogen and oxygen atoms in total. The van der Waals surface area contributed by atoms with Gasteiger partial charge in [0, 0.05) is 56.2 Å². The summed E-state index contributed by atoms with van der Waals surface area (Å²) in [6.07, 6.45) is 2.42. The lowest BCUT2D eigenvalue weighted by Gasteiger charge is -2.44. The molecule has 2 saturated carbocycles.